The van der Waals surface area contributed by atoms with Gasteiger partial charge in [-0.15, -0.1) is 5.10 Å². The van der Waals surface area contributed by atoms with Crippen molar-refractivity contribution in [2.24, 2.45) is 0 Å². The maximum atomic E-state index is 12.1. The predicted molar refractivity (Wildman–Crippen MR) is 100 cm³/mol. The van der Waals surface area contributed by atoms with Gasteiger partial charge in [0.1, 0.15) is 6.33 Å². The molecule has 1 aromatic heterocycles. The molecule has 3 aromatic rings. The molecule has 0 aliphatic heterocycles. The minimum Gasteiger partial charge on any atom is -0.325 e. The summed E-state index contributed by atoms with van der Waals surface area (Å²) in [5.41, 5.74) is 1.31. The molecule has 0 unspecified atom stereocenters. The van der Waals surface area contributed by atoms with Crippen LogP contribution in [0.3, 0.4) is 0 Å². The van der Waals surface area contributed by atoms with Crippen molar-refractivity contribution >= 4 is 33.2 Å². The molecule has 0 saturated heterocycles. The maximum absolute atomic E-state index is 12.1. The summed E-state index contributed by atoms with van der Waals surface area (Å²) in [6.07, 6.45) is 2.71. The van der Waals surface area contributed by atoms with Crippen LogP contribution in [0.2, 0.25) is 0 Å². The number of anilines is 1. The van der Waals surface area contributed by atoms with Crippen LogP contribution in [0, 0.1) is 0 Å². The number of hydrogen-bond donors (Lipinski definition) is 1. The number of carbonyl (C=O) groups excluding carboxylic acids is 1. The lowest BCUT2D eigenvalue weighted by Crippen LogP contribution is -2.14. The molecule has 1 amide bonds. The Labute approximate surface area is 155 Å². The molecule has 0 bridgehead atoms. The normalized spacial score (nSPS) is 11.3. The topological polar surface area (TPSA) is 94.0 Å². The highest BCUT2D eigenvalue weighted by molar-refractivity contribution is 7.99. The number of benzene rings is 2. The summed E-state index contributed by atoms with van der Waals surface area (Å²) in [5.74, 6) is -0.154. The van der Waals surface area contributed by atoms with Gasteiger partial charge >= 0.3 is 0 Å². The number of rotatable bonds is 6. The van der Waals surface area contributed by atoms with Gasteiger partial charge in [0, 0.05) is 11.9 Å². The Hall–Kier alpha value is -2.65. The van der Waals surface area contributed by atoms with Crippen molar-refractivity contribution in [2.45, 2.75) is 10.1 Å². The van der Waals surface area contributed by atoms with Gasteiger partial charge in [-0.1, -0.05) is 36.0 Å². The van der Waals surface area contributed by atoms with Crippen molar-refractivity contribution < 1.29 is 13.2 Å². The second-order valence-corrected chi connectivity index (χ2v) is 8.40. The summed E-state index contributed by atoms with van der Waals surface area (Å²) >= 11 is 1.20. The molecule has 1 heterocycles. The molecule has 0 aliphatic carbocycles. The van der Waals surface area contributed by atoms with Gasteiger partial charge in [0.15, 0.2) is 9.84 Å². The van der Waals surface area contributed by atoms with E-state index < -0.39 is 9.84 Å². The number of sulfone groups is 1. The van der Waals surface area contributed by atoms with Crippen LogP contribution in [-0.4, -0.2) is 41.1 Å². The molecular weight excluding hydrogens is 372 g/mol. The van der Waals surface area contributed by atoms with E-state index in [-0.39, 0.29) is 16.6 Å². The second-order valence-electron chi connectivity index (χ2n) is 5.44. The molecule has 134 valence electrons. The average molecular weight is 388 g/mol. The largest absolute Gasteiger partial charge is 0.325 e. The van der Waals surface area contributed by atoms with Crippen molar-refractivity contribution in [1.29, 1.82) is 0 Å². The van der Waals surface area contributed by atoms with Gasteiger partial charge in [0.2, 0.25) is 11.1 Å². The van der Waals surface area contributed by atoms with E-state index in [1.54, 1.807) is 23.1 Å². The number of thioether (sulfide) groups is 1. The molecule has 0 radical (unpaired) electrons. The summed E-state index contributed by atoms with van der Waals surface area (Å²) < 4.78 is 24.8. The standard InChI is InChI=1S/C17H16N4O3S2/c1-26(23,24)15-9-5-6-13(10-15)19-16(22)11-25-17-18-12-21(20-17)14-7-3-2-4-8-14/h2-10,12H,11H2,1H3,(H,19,22). The first kappa shape index (κ1) is 18.2. The SMILES string of the molecule is CS(=O)(=O)c1cccc(NC(=O)CSc2ncn(-c3ccccc3)n2)c1. The zero-order chi connectivity index (χ0) is 18.6. The number of hydrogen-bond acceptors (Lipinski definition) is 6. The molecule has 1 N–H and O–H groups in total. The number of para-hydroxylation sites is 1. The summed E-state index contributed by atoms with van der Waals surface area (Å²) in [4.78, 5) is 16.4. The highest BCUT2D eigenvalue weighted by Crippen LogP contribution is 2.17. The van der Waals surface area contributed by atoms with Crippen molar-refractivity contribution in [2.75, 3.05) is 17.3 Å². The van der Waals surface area contributed by atoms with E-state index in [9.17, 15) is 13.2 Å². The summed E-state index contributed by atoms with van der Waals surface area (Å²) in [6.45, 7) is 0. The fraction of sp³-hybridized carbons (Fsp3) is 0.118. The Kier molecular flexibility index (Phi) is 5.38. The number of nitrogens with zero attached hydrogens (tertiary/aromatic N) is 3. The van der Waals surface area contributed by atoms with Crippen molar-refractivity contribution in [3.63, 3.8) is 0 Å². The first-order chi connectivity index (χ1) is 12.4. The smallest absolute Gasteiger partial charge is 0.234 e. The van der Waals surface area contributed by atoms with E-state index in [0.717, 1.165) is 11.9 Å². The number of amides is 1. The van der Waals surface area contributed by atoms with Crippen LogP contribution in [0.5, 0.6) is 0 Å². The first-order valence-electron chi connectivity index (χ1n) is 7.62. The Morgan fingerprint density at radius 3 is 2.65 bits per heavy atom. The van der Waals surface area contributed by atoms with Crippen molar-refractivity contribution in [3.05, 3.63) is 60.9 Å². The van der Waals surface area contributed by atoms with Crippen molar-refractivity contribution in [1.82, 2.24) is 14.8 Å². The van der Waals surface area contributed by atoms with Crippen LogP contribution in [0.15, 0.2) is 71.0 Å². The Balaban J connectivity index is 1.59. The van der Waals surface area contributed by atoms with E-state index in [0.29, 0.717) is 10.8 Å². The van der Waals surface area contributed by atoms with Gasteiger partial charge in [0.05, 0.1) is 16.3 Å². The molecule has 3 rings (SSSR count). The third-order valence-corrected chi connectivity index (χ3v) is 5.33. The Morgan fingerprint density at radius 2 is 1.92 bits per heavy atom. The fourth-order valence-corrected chi connectivity index (χ4v) is 3.42. The number of carbonyl (C=O) groups is 1. The quantitative estimate of drug-likeness (QED) is 0.652. The second kappa shape index (κ2) is 7.71. The molecule has 7 nitrogen and oxygen atoms in total. The molecule has 0 fully saturated rings. The average Bonchev–Trinajstić information content (AvgIpc) is 3.09. The van der Waals surface area contributed by atoms with Gasteiger partial charge in [0.25, 0.3) is 0 Å². The molecule has 0 aliphatic rings. The first-order valence-corrected chi connectivity index (χ1v) is 10.5. The molecule has 2 aromatic carbocycles. The van der Waals surface area contributed by atoms with Crippen LogP contribution in [0.4, 0.5) is 5.69 Å². The van der Waals surface area contributed by atoms with E-state index >= 15 is 0 Å². The van der Waals surface area contributed by atoms with Crippen LogP contribution in [-0.2, 0) is 14.6 Å². The molecular formula is C17H16N4O3S2. The molecule has 0 saturated carbocycles. The third-order valence-electron chi connectivity index (χ3n) is 3.37. The Bertz CT molecular complexity index is 1020. The van der Waals surface area contributed by atoms with Crippen LogP contribution < -0.4 is 5.32 Å². The lowest BCUT2D eigenvalue weighted by atomic mass is 10.3. The molecule has 26 heavy (non-hydrogen) atoms. The minimum atomic E-state index is -3.32. The zero-order valence-corrected chi connectivity index (χ0v) is 15.5. The van der Waals surface area contributed by atoms with Gasteiger partial charge in [-0.3, -0.25) is 4.79 Å². The number of aromatic nitrogens is 3. The van der Waals surface area contributed by atoms with Gasteiger partial charge in [-0.2, -0.15) is 0 Å². The van der Waals surface area contributed by atoms with E-state index in [4.69, 9.17) is 0 Å². The highest BCUT2D eigenvalue weighted by Gasteiger charge is 2.10. The molecule has 9 heteroatoms. The summed E-state index contributed by atoms with van der Waals surface area (Å²) in [5, 5.41) is 7.47. The van der Waals surface area contributed by atoms with Gasteiger partial charge in [-0.25, -0.2) is 18.1 Å². The molecule has 0 spiro atoms. The van der Waals surface area contributed by atoms with Gasteiger partial charge in [-0.05, 0) is 30.3 Å². The number of nitrogens with one attached hydrogen (secondary N) is 1. The van der Waals surface area contributed by atoms with E-state index in [2.05, 4.69) is 15.4 Å². The third kappa shape index (κ3) is 4.70. The highest BCUT2D eigenvalue weighted by atomic mass is 32.2. The summed E-state index contributed by atoms with van der Waals surface area (Å²) in [7, 11) is -3.32. The fourth-order valence-electron chi connectivity index (χ4n) is 2.15. The Morgan fingerprint density at radius 1 is 1.15 bits per heavy atom. The van der Waals surface area contributed by atoms with Crippen molar-refractivity contribution in [3.8, 4) is 5.69 Å². The summed E-state index contributed by atoms with van der Waals surface area (Å²) in [6, 6.07) is 15.7. The van der Waals surface area contributed by atoms with Crippen LogP contribution in [0.1, 0.15) is 0 Å². The minimum absolute atomic E-state index is 0.113. The van der Waals surface area contributed by atoms with E-state index in [1.807, 2.05) is 30.3 Å². The van der Waals surface area contributed by atoms with Crippen LogP contribution in [0.25, 0.3) is 5.69 Å². The lowest BCUT2D eigenvalue weighted by Gasteiger charge is -2.06. The van der Waals surface area contributed by atoms with Gasteiger partial charge < -0.3 is 5.32 Å². The zero-order valence-electron chi connectivity index (χ0n) is 13.9. The van der Waals surface area contributed by atoms with Crippen LogP contribution >= 0.6 is 11.8 Å². The van der Waals surface area contributed by atoms with E-state index in [1.165, 1.54) is 23.9 Å². The molecule has 0 atom stereocenters. The maximum Gasteiger partial charge on any atom is 0.234 e. The predicted octanol–water partition coefficient (Wildman–Crippen LogP) is 2.40. The monoisotopic (exact) mass is 388 g/mol. The lowest BCUT2D eigenvalue weighted by molar-refractivity contribution is -0.113.